The smallest absolute Gasteiger partial charge is 0.407 e. The highest BCUT2D eigenvalue weighted by atomic mass is 32.2. The standard InChI is InChI=1S/C31H47N5O8S/c1-31(2,3)44-30(41)32-24-14-17-36(18-15-24)45(42)34(4)16-8-20-43-19-7-11-22-9-6-10-23(21-37)27(22)29(40)35(5)25-12-13-26(38)33-28(25)39/h6,9-10,21,24-25H,7-8,11-20H2,1-5H3,(H,32,41)(H,33,38,39). The molecule has 45 heavy (non-hydrogen) atoms. The van der Waals surface area contributed by atoms with Crippen molar-refractivity contribution in [3.8, 4) is 0 Å². The van der Waals surface area contributed by atoms with E-state index in [-0.39, 0.29) is 35.9 Å². The van der Waals surface area contributed by atoms with Crippen LogP contribution in [0, 0.1) is 0 Å². The van der Waals surface area contributed by atoms with Crippen molar-refractivity contribution < 1.29 is 37.7 Å². The summed E-state index contributed by atoms with van der Waals surface area (Å²) in [5.74, 6) is -1.33. The Morgan fingerprint density at radius 3 is 2.44 bits per heavy atom. The van der Waals surface area contributed by atoms with Gasteiger partial charge in [0.2, 0.25) is 11.8 Å². The quantitative estimate of drug-likeness (QED) is 0.177. The number of benzene rings is 1. The number of amides is 4. The molecule has 2 fully saturated rings. The molecule has 2 heterocycles. The third kappa shape index (κ3) is 11.0. The number of aldehydes is 1. The van der Waals surface area contributed by atoms with E-state index in [0.29, 0.717) is 76.8 Å². The second kappa shape index (κ2) is 16.9. The van der Waals surface area contributed by atoms with Crippen LogP contribution in [-0.4, -0.2) is 112 Å². The summed E-state index contributed by atoms with van der Waals surface area (Å²) in [5, 5.41) is 5.16. The fraction of sp³-hybridized carbons (Fsp3) is 0.645. The summed E-state index contributed by atoms with van der Waals surface area (Å²) in [4.78, 5) is 62.3. The van der Waals surface area contributed by atoms with E-state index in [1.165, 1.54) is 11.9 Å². The lowest BCUT2D eigenvalue weighted by Gasteiger charge is -2.33. The molecule has 2 N–H and O–H groups in total. The largest absolute Gasteiger partial charge is 0.444 e. The number of likely N-dealkylation sites (N-methyl/N-ethyl adjacent to an activating group) is 1. The van der Waals surface area contributed by atoms with E-state index in [2.05, 4.69) is 10.6 Å². The van der Waals surface area contributed by atoms with Crippen molar-refractivity contribution in [1.29, 1.82) is 0 Å². The molecule has 1 aromatic rings. The Labute approximate surface area is 268 Å². The van der Waals surface area contributed by atoms with E-state index < -0.39 is 40.7 Å². The van der Waals surface area contributed by atoms with Gasteiger partial charge in [-0.15, -0.1) is 0 Å². The number of hydrogen-bond donors (Lipinski definition) is 2. The van der Waals surface area contributed by atoms with Gasteiger partial charge in [-0.3, -0.25) is 24.5 Å². The SMILES string of the molecule is CN(C(=O)c1c(C=O)cccc1CCCOCCCN(C)S(=O)N1CCC(NC(=O)OC(C)(C)C)CC1)C1CCC(=O)NC1=O. The second-order valence-electron chi connectivity index (χ2n) is 12.4. The van der Waals surface area contributed by atoms with Crippen molar-refractivity contribution in [3.05, 3.63) is 34.9 Å². The zero-order valence-electron chi connectivity index (χ0n) is 27.0. The van der Waals surface area contributed by atoms with Gasteiger partial charge in [0.05, 0.1) is 5.56 Å². The van der Waals surface area contributed by atoms with Crippen LogP contribution in [0.2, 0.25) is 0 Å². The summed E-state index contributed by atoms with van der Waals surface area (Å²) >= 11 is -1.29. The van der Waals surface area contributed by atoms with Gasteiger partial charge in [-0.2, -0.15) is 0 Å². The first kappa shape index (κ1) is 36.3. The highest BCUT2D eigenvalue weighted by Crippen LogP contribution is 2.21. The zero-order chi connectivity index (χ0) is 33.1. The molecule has 13 nitrogen and oxygen atoms in total. The lowest BCUT2D eigenvalue weighted by molar-refractivity contribution is -0.136. The number of carbonyl (C=O) groups excluding carboxylic acids is 5. The average molecular weight is 650 g/mol. The van der Waals surface area contributed by atoms with Crippen molar-refractivity contribution >= 4 is 41.3 Å². The van der Waals surface area contributed by atoms with Gasteiger partial charge in [0.25, 0.3) is 5.91 Å². The summed E-state index contributed by atoms with van der Waals surface area (Å²) in [6, 6.07) is 4.29. The Balaban J connectivity index is 1.38. The second-order valence-corrected chi connectivity index (χ2v) is 14.0. The summed E-state index contributed by atoms with van der Waals surface area (Å²) < 4.78 is 27.8. The third-order valence-corrected chi connectivity index (χ3v) is 9.20. The summed E-state index contributed by atoms with van der Waals surface area (Å²) in [6.07, 6.45) is 3.75. The molecule has 1 aromatic carbocycles. The summed E-state index contributed by atoms with van der Waals surface area (Å²) in [6.45, 7) is 8.16. The normalized spacial score (nSPS) is 18.8. The number of imide groups is 1. The molecule has 4 amide bonds. The Morgan fingerprint density at radius 2 is 1.80 bits per heavy atom. The highest BCUT2D eigenvalue weighted by Gasteiger charge is 2.34. The lowest BCUT2D eigenvalue weighted by atomic mass is 9.95. The monoisotopic (exact) mass is 649 g/mol. The number of ether oxygens (including phenoxy) is 2. The highest BCUT2D eigenvalue weighted by molar-refractivity contribution is 7.80. The molecule has 2 atom stereocenters. The molecule has 3 rings (SSSR count). The van der Waals surface area contributed by atoms with Gasteiger partial charge in [0, 0.05) is 65.0 Å². The molecule has 2 aliphatic heterocycles. The molecular weight excluding hydrogens is 602 g/mol. The number of hydrogen-bond acceptors (Lipinski definition) is 8. The fourth-order valence-corrected chi connectivity index (χ4v) is 6.52. The molecule has 0 spiro atoms. The Bertz CT molecular complexity index is 1240. The van der Waals surface area contributed by atoms with Gasteiger partial charge in [-0.25, -0.2) is 17.6 Å². The van der Waals surface area contributed by atoms with E-state index in [4.69, 9.17) is 9.47 Å². The first-order valence-electron chi connectivity index (χ1n) is 15.4. The minimum absolute atomic E-state index is 0.00633. The van der Waals surface area contributed by atoms with Crippen LogP contribution in [-0.2, 0) is 36.7 Å². The van der Waals surface area contributed by atoms with Gasteiger partial charge in [0.15, 0.2) is 17.5 Å². The predicted molar refractivity (Wildman–Crippen MR) is 169 cm³/mol. The molecule has 0 aliphatic carbocycles. The molecule has 14 heteroatoms. The number of carbonyl (C=O) groups is 5. The van der Waals surface area contributed by atoms with Crippen LogP contribution in [0.25, 0.3) is 0 Å². The molecule has 2 unspecified atom stereocenters. The number of nitrogens with one attached hydrogen (secondary N) is 2. The predicted octanol–water partition coefficient (Wildman–Crippen LogP) is 2.22. The molecule has 0 radical (unpaired) electrons. The zero-order valence-corrected chi connectivity index (χ0v) is 27.8. The van der Waals surface area contributed by atoms with Crippen LogP contribution < -0.4 is 10.6 Å². The van der Waals surface area contributed by atoms with E-state index in [1.54, 1.807) is 22.5 Å². The summed E-state index contributed by atoms with van der Waals surface area (Å²) in [5.41, 5.74) is 0.641. The van der Waals surface area contributed by atoms with Crippen molar-refractivity contribution in [2.24, 2.45) is 0 Å². The topological polar surface area (TPSA) is 155 Å². The molecule has 0 bridgehead atoms. The van der Waals surface area contributed by atoms with Crippen molar-refractivity contribution in [1.82, 2.24) is 24.1 Å². The van der Waals surface area contributed by atoms with Gasteiger partial charge in [0.1, 0.15) is 11.6 Å². The van der Waals surface area contributed by atoms with Crippen LogP contribution in [0.5, 0.6) is 0 Å². The molecule has 2 aliphatic rings. The fourth-order valence-electron chi connectivity index (χ4n) is 5.32. The molecule has 0 aromatic heterocycles. The van der Waals surface area contributed by atoms with Crippen LogP contribution in [0.1, 0.15) is 85.6 Å². The van der Waals surface area contributed by atoms with Crippen LogP contribution >= 0.6 is 0 Å². The lowest BCUT2D eigenvalue weighted by Crippen LogP contribution is -2.53. The Morgan fingerprint density at radius 1 is 1.11 bits per heavy atom. The van der Waals surface area contributed by atoms with Gasteiger partial charge in [-0.1, -0.05) is 18.2 Å². The van der Waals surface area contributed by atoms with Gasteiger partial charge < -0.3 is 19.7 Å². The van der Waals surface area contributed by atoms with E-state index in [9.17, 15) is 28.2 Å². The Hall–Kier alpha value is -3.20. The van der Waals surface area contributed by atoms with Gasteiger partial charge in [-0.05, 0) is 64.9 Å². The van der Waals surface area contributed by atoms with Crippen molar-refractivity contribution in [2.45, 2.75) is 83.4 Å². The average Bonchev–Trinajstić information content (AvgIpc) is 2.98. The third-order valence-electron chi connectivity index (χ3n) is 7.68. The number of aryl methyl sites for hydroxylation is 1. The van der Waals surface area contributed by atoms with Crippen LogP contribution in [0.3, 0.4) is 0 Å². The van der Waals surface area contributed by atoms with E-state index in [1.807, 2.05) is 32.1 Å². The first-order chi connectivity index (χ1) is 21.3. The van der Waals surface area contributed by atoms with Gasteiger partial charge >= 0.3 is 6.09 Å². The molecule has 2 saturated heterocycles. The van der Waals surface area contributed by atoms with E-state index in [0.717, 1.165) is 0 Å². The maximum absolute atomic E-state index is 13.4. The Kier molecular flexibility index (Phi) is 13.6. The summed E-state index contributed by atoms with van der Waals surface area (Å²) in [7, 11) is 3.32. The van der Waals surface area contributed by atoms with Crippen LogP contribution in [0.15, 0.2) is 18.2 Å². The maximum Gasteiger partial charge on any atom is 0.407 e. The van der Waals surface area contributed by atoms with E-state index >= 15 is 0 Å². The molecule has 250 valence electrons. The minimum atomic E-state index is -1.29. The first-order valence-corrected chi connectivity index (χ1v) is 16.5. The number of rotatable bonds is 14. The van der Waals surface area contributed by atoms with Crippen molar-refractivity contribution in [2.75, 3.05) is 46.9 Å². The molecular formula is C31H47N5O8S. The minimum Gasteiger partial charge on any atom is -0.444 e. The number of alkyl carbamates (subject to hydrolysis) is 1. The van der Waals surface area contributed by atoms with Crippen molar-refractivity contribution in [3.63, 3.8) is 0 Å². The maximum atomic E-state index is 13.4. The van der Waals surface area contributed by atoms with Crippen LogP contribution in [0.4, 0.5) is 4.79 Å². The number of piperidine rings is 2. The molecule has 0 saturated carbocycles. The number of nitrogens with zero attached hydrogens (tertiary/aromatic N) is 3.